The number of halogens is 2. The number of anilines is 1. The predicted octanol–water partition coefficient (Wildman–Crippen LogP) is 1.76. The number of carbonyl (C=O) groups is 2. The Labute approximate surface area is 116 Å². The van der Waals surface area contributed by atoms with Crippen LogP contribution in [0.4, 0.5) is 14.5 Å². The molecule has 0 aromatic heterocycles. The zero-order chi connectivity index (χ0) is 14.8. The van der Waals surface area contributed by atoms with E-state index in [1.807, 2.05) is 0 Å². The number of nitrogens with one attached hydrogen (secondary N) is 1. The lowest BCUT2D eigenvalue weighted by molar-refractivity contribution is -0.286. The molecule has 6 nitrogen and oxygen atoms in total. The Morgan fingerprint density at radius 2 is 1.95 bits per heavy atom. The zero-order valence-corrected chi connectivity index (χ0v) is 10.7. The molecule has 1 aromatic rings. The van der Waals surface area contributed by atoms with Crippen molar-refractivity contribution < 1.29 is 33.0 Å². The molecule has 0 saturated heterocycles. The Kier molecular flexibility index (Phi) is 3.98. The largest absolute Gasteiger partial charge is 0.586 e. The maximum Gasteiger partial charge on any atom is 0.586 e. The smallest absolute Gasteiger partial charge is 0.481 e. The van der Waals surface area contributed by atoms with Crippen LogP contribution in [-0.4, -0.2) is 34.8 Å². The Hall–Kier alpha value is -2.03. The van der Waals surface area contributed by atoms with E-state index in [9.17, 15) is 18.4 Å². The van der Waals surface area contributed by atoms with Gasteiger partial charge in [0.05, 0.1) is 11.5 Å². The van der Waals surface area contributed by atoms with Crippen LogP contribution >= 0.6 is 11.8 Å². The minimum atomic E-state index is -3.71. The van der Waals surface area contributed by atoms with Gasteiger partial charge in [0.2, 0.25) is 5.91 Å². The number of hydrogen-bond donors (Lipinski definition) is 2. The van der Waals surface area contributed by atoms with Crippen molar-refractivity contribution in [2.75, 3.05) is 16.8 Å². The highest BCUT2D eigenvalue weighted by Crippen LogP contribution is 2.42. The Morgan fingerprint density at radius 3 is 2.65 bits per heavy atom. The molecule has 0 aliphatic carbocycles. The Bertz CT molecular complexity index is 552. The minimum Gasteiger partial charge on any atom is -0.481 e. The summed E-state index contributed by atoms with van der Waals surface area (Å²) in [6.45, 7) is 0. The highest BCUT2D eigenvalue weighted by atomic mass is 32.2. The molecule has 20 heavy (non-hydrogen) atoms. The van der Waals surface area contributed by atoms with Gasteiger partial charge in [-0.15, -0.1) is 20.5 Å². The first kappa shape index (κ1) is 14.4. The van der Waals surface area contributed by atoms with Gasteiger partial charge in [-0.1, -0.05) is 0 Å². The molecular formula is C11H9F2NO5S. The van der Waals surface area contributed by atoms with Gasteiger partial charge in [-0.25, -0.2) is 0 Å². The van der Waals surface area contributed by atoms with Gasteiger partial charge in [-0.05, 0) is 12.1 Å². The number of amides is 1. The molecule has 9 heteroatoms. The van der Waals surface area contributed by atoms with Gasteiger partial charge in [0.15, 0.2) is 11.5 Å². The van der Waals surface area contributed by atoms with Gasteiger partial charge in [0.25, 0.3) is 0 Å². The van der Waals surface area contributed by atoms with Crippen LogP contribution in [0.5, 0.6) is 11.5 Å². The van der Waals surface area contributed by atoms with Crippen LogP contribution in [0.2, 0.25) is 0 Å². The van der Waals surface area contributed by atoms with E-state index < -0.39 is 18.2 Å². The molecule has 108 valence electrons. The van der Waals surface area contributed by atoms with Crippen molar-refractivity contribution in [1.29, 1.82) is 0 Å². The van der Waals surface area contributed by atoms with Crippen LogP contribution in [0.1, 0.15) is 0 Å². The fraction of sp³-hybridized carbons (Fsp3) is 0.273. The third-order valence-corrected chi connectivity index (χ3v) is 3.06. The summed E-state index contributed by atoms with van der Waals surface area (Å²) in [6, 6.07) is 3.83. The van der Waals surface area contributed by atoms with Crippen molar-refractivity contribution >= 4 is 29.3 Å². The number of carboxylic acids is 1. The lowest BCUT2D eigenvalue weighted by atomic mass is 10.3. The second-order valence-corrected chi connectivity index (χ2v) is 4.75. The summed E-state index contributed by atoms with van der Waals surface area (Å²) in [7, 11) is 0. The van der Waals surface area contributed by atoms with Crippen LogP contribution in [0.25, 0.3) is 0 Å². The van der Waals surface area contributed by atoms with E-state index >= 15 is 0 Å². The van der Waals surface area contributed by atoms with Gasteiger partial charge in [0, 0.05) is 11.8 Å². The van der Waals surface area contributed by atoms with Crippen molar-refractivity contribution in [1.82, 2.24) is 0 Å². The van der Waals surface area contributed by atoms with E-state index in [2.05, 4.69) is 14.8 Å². The van der Waals surface area contributed by atoms with Crippen molar-refractivity contribution in [2.45, 2.75) is 6.29 Å². The molecule has 0 saturated carbocycles. The first-order valence-corrected chi connectivity index (χ1v) is 6.50. The number of ether oxygens (including phenoxy) is 2. The fourth-order valence-corrected chi connectivity index (χ4v) is 1.99. The summed E-state index contributed by atoms with van der Waals surface area (Å²) >= 11 is 0.926. The summed E-state index contributed by atoms with van der Waals surface area (Å²) < 4.78 is 34.0. The minimum absolute atomic E-state index is 0.0586. The van der Waals surface area contributed by atoms with Gasteiger partial charge in [-0.3, -0.25) is 9.59 Å². The van der Waals surface area contributed by atoms with E-state index in [0.29, 0.717) is 0 Å². The van der Waals surface area contributed by atoms with Gasteiger partial charge < -0.3 is 19.9 Å². The monoisotopic (exact) mass is 305 g/mol. The standard InChI is InChI=1S/C11H9F2NO5S/c12-11(13)18-7-2-1-6(3-8(7)19-11)14-9(15)4-20-5-10(16)17/h1-3H,4-5H2,(H,14,15)(H,16,17). The molecule has 1 aliphatic rings. The normalized spacial score (nSPS) is 14.9. The molecule has 0 fully saturated rings. The van der Waals surface area contributed by atoms with Crippen LogP contribution in [-0.2, 0) is 9.59 Å². The summed E-state index contributed by atoms with van der Waals surface area (Å²) in [5, 5.41) is 10.9. The highest BCUT2D eigenvalue weighted by Gasteiger charge is 2.43. The van der Waals surface area contributed by atoms with E-state index in [0.717, 1.165) is 11.8 Å². The van der Waals surface area contributed by atoms with Crippen molar-refractivity contribution in [2.24, 2.45) is 0 Å². The molecule has 0 spiro atoms. The van der Waals surface area contributed by atoms with Gasteiger partial charge in [0.1, 0.15) is 0 Å². The number of benzene rings is 1. The molecule has 1 amide bonds. The number of aliphatic carboxylic acids is 1. The summed E-state index contributed by atoms with van der Waals surface area (Å²) in [5.74, 6) is -2.01. The second kappa shape index (κ2) is 5.53. The van der Waals surface area contributed by atoms with Crippen molar-refractivity contribution in [3.8, 4) is 11.5 Å². The van der Waals surface area contributed by atoms with E-state index in [-0.39, 0.29) is 28.7 Å². The van der Waals surface area contributed by atoms with Crippen LogP contribution < -0.4 is 14.8 Å². The topological polar surface area (TPSA) is 84.9 Å². The maximum absolute atomic E-state index is 12.8. The molecule has 0 atom stereocenters. The lowest BCUT2D eigenvalue weighted by Gasteiger charge is -2.05. The van der Waals surface area contributed by atoms with Crippen LogP contribution in [0.15, 0.2) is 18.2 Å². The molecule has 1 heterocycles. The number of thioether (sulfide) groups is 1. The molecule has 1 aromatic carbocycles. The molecular weight excluding hydrogens is 296 g/mol. The highest BCUT2D eigenvalue weighted by molar-refractivity contribution is 8.00. The SMILES string of the molecule is O=C(O)CSCC(=O)Nc1ccc2c(c1)OC(F)(F)O2. The average molecular weight is 305 g/mol. The predicted molar refractivity (Wildman–Crippen MR) is 66.2 cm³/mol. The molecule has 0 bridgehead atoms. The van der Waals surface area contributed by atoms with Gasteiger partial charge >= 0.3 is 12.3 Å². The van der Waals surface area contributed by atoms with E-state index in [1.54, 1.807) is 0 Å². The van der Waals surface area contributed by atoms with Gasteiger partial charge in [-0.2, -0.15) is 0 Å². The zero-order valence-electron chi connectivity index (χ0n) is 9.89. The van der Waals surface area contributed by atoms with E-state index in [1.165, 1.54) is 18.2 Å². The van der Waals surface area contributed by atoms with Crippen LogP contribution in [0.3, 0.4) is 0 Å². The first-order chi connectivity index (χ1) is 9.35. The third-order valence-electron chi connectivity index (χ3n) is 2.14. The fourth-order valence-electron chi connectivity index (χ4n) is 1.45. The number of carboxylic acid groups (broad SMARTS) is 1. The molecule has 1 aliphatic heterocycles. The van der Waals surface area contributed by atoms with Crippen LogP contribution in [0, 0.1) is 0 Å². The summed E-state index contributed by atoms with van der Waals surface area (Å²) in [5.41, 5.74) is 0.256. The molecule has 0 unspecified atom stereocenters. The summed E-state index contributed by atoms with van der Waals surface area (Å²) in [4.78, 5) is 21.8. The lowest BCUT2D eigenvalue weighted by Crippen LogP contribution is -2.25. The Balaban J connectivity index is 1.92. The Morgan fingerprint density at radius 1 is 1.25 bits per heavy atom. The molecule has 0 radical (unpaired) electrons. The van der Waals surface area contributed by atoms with Crippen molar-refractivity contribution in [3.63, 3.8) is 0 Å². The molecule has 2 rings (SSSR count). The number of hydrogen-bond acceptors (Lipinski definition) is 5. The van der Waals surface area contributed by atoms with Crippen molar-refractivity contribution in [3.05, 3.63) is 18.2 Å². The third kappa shape index (κ3) is 3.73. The quantitative estimate of drug-likeness (QED) is 0.862. The maximum atomic E-state index is 12.8. The second-order valence-electron chi connectivity index (χ2n) is 3.76. The average Bonchev–Trinajstić information content (AvgIpc) is 2.61. The summed E-state index contributed by atoms with van der Waals surface area (Å²) in [6.07, 6.45) is -3.71. The number of alkyl halides is 2. The molecule has 2 N–H and O–H groups in total. The number of carbonyl (C=O) groups excluding carboxylic acids is 1. The first-order valence-electron chi connectivity index (χ1n) is 5.35. The number of fused-ring (bicyclic) bond motifs is 1. The number of rotatable bonds is 5. The van der Waals surface area contributed by atoms with E-state index in [4.69, 9.17) is 5.11 Å².